The van der Waals surface area contributed by atoms with Gasteiger partial charge in [-0.15, -0.1) is 0 Å². The van der Waals surface area contributed by atoms with E-state index in [4.69, 9.17) is 4.74 Å². The van der Waals surface area contributed by atoms with E-state index in [0.717, 1.165) is 25.9 Å². The van der Waals surface area contributed by atoms with Crippen LogP contribution in [0.1, 0.15) is 53.4 Å². The largest absolute Gasteiger partial charge is 0.379 e. The van der Waals surface area contributed by atoms with Gasteiger partial charge in [-0.05, 0) is 26.7 Å². The topological polar surface area (TPSA) is 29.5 Å². The molecule has 0 atom stereocenters. The Bertz CT molecular complexity index is 300. The Morgan fingerprint density at radius 3 is 2.42 bits per heavy atom. The molecule has 0 bridgehead atoms. The van der Waals surface area contributed by atoms with E-state index in [1.54, 1.807) is 4.90 Å². The Morgan fingerprint density at radius 1 is 1.16 bits per heavy atom. The fourth-order valence-electron chi connectivity index (χ4n) is 1.52. The number of hydrogen-bond donors (Lipinski definition) is 0. The summed E-state index contributed by atoms with van der Waals surface area (Å²) in [5, 5.41) is 0. The Labute approximate surface area is 118 Å². The molecular weight excluding hydrogens is 238 g/mol. The third-order valence-electron chi connectivity index (χ3n) is 2.62. The lowest BCUT2D eigenvalue weighted by atomic mass is 10.2. The molecule has 110 valence electrons. The molecule has 0 rings (SSSR count). The van der Waals surface area contributed by atoms with Gasteiger partial charge in [-0.25, -0.2) is 0 Å². The molecule has 0 unspecified atom stereocenters. The van der Waals surface area contributed by atoms with Crippen molar-refractivity contribution in [2.24, 2.45) is 5.92 Å². The highest BCUT2D eigenvalue weighted by Crippen LogP contribution is 2.03. The molecule has 0 saturated heterocycles. The highest BCUT2D eigenvalue weighted by atomic mass is 16.5. The highest BCUT2D eigenvalue weighted by molar-refractivity contribution is 5.76. The highest BCUT2D eigenvalue weighted by Gasteiger charge is 2.06. The number of hydrogen-bond acceptors (Lipinski definition) is 2. The van der Waals surface area contributed by atoms with E-state index in [-0.39, 0.29) is 5.91 Å². The second-order valence-corrected chi connectivity index (χ2v) is 5.46. The third-order valence-corrected chi connectivity index (χ3v) is 2.62. The first-order valence-electron chi connectivity index (χ1n) is 7.27. The van der Waals surface area contributed by atoms with Crippen LogP contribution in [0.25, 0.3) is 0 Å². The molecule has 3 nitrogen and oxygen atoms in total. The summed E-state index contributed by atoms with van der Waals surface area (Å²) < 4.78 is 5.46. The summed E-state index contributed by atoms with van der Waals surface area (Å²) in [6, 6.07) is 0. The van der Waals surface area contributed by atoms with E-state index in [1.807, 2.05) is 34.7 Å². The van der Waals surface area contributed by atoms with Crippen LogP contribution in [0.2, 0.25) is 0 Å². The van der Waals surface area contributed by atoms with Crippen molar-refractivity contribution >= 4 is 5.91 Å². The number of ether oxygens (including phenoxy) is 1. The molecular formula is C16H29NO2. The van der Waals surface area contributed by atoms with Crippen molar-refractivity contribution in [1.82, 2.24) is 4.90 Å². The third kappa shape index (κ3) is 11.8. The second kappa shape index (κ2) is 10.9. The summed E-state index contributed by atoms with van der Waals surface area (Å²) in [7, 11) is 1.82. The molecule has 0 heterocycles. The number of carbonyl (C=O) groups is 1. The number of carbonyl (C=O) groups excluding carboxylic acids is 1. The number of amides is 1. The van der Waals surface area contributed by atoms with Gasteiger partial charge in [-0.2, -0.15) is 0 Å². The number of rotatable bonds is 8. The van der Waals surface area contributed by atoms with Crippen LogP contribution in [-0.2, 0) is 9.53 Å². The first-order valence-corrected chi connectivity index (χ1v) is 7.27. The van der Waals surface area contributed by atoms with Crippen LogP contribution in [0.4, 0.5) is 0 Å². The average molecular weight is 267 g/mol. The van der Waals surface area contributed by atoms with Gasteiger partial charge in [-0.3, -0.25) is 4.79 Å². The smallest absolute Gasteiger partial charge is 0.223 e. The van der Waals surface area contributed by atoms with Gasteiger partial charge in [0.15, 0.2) is 0 Å². The first kappa shape index (κ1) is 18.0. The van der Waals surface area contributed by atoms with Crippen LogP contribution < -0.4 is 0 Å². The van der Waals surface area contributed by atoms with E-state index in [9.17, 15) is 4.79 Å². The maximum atomic E-state index is 11.8. The zero-order valence-corrected chi connectivity index (χ0v) is 13.2. The molecule has 0 spiro atoms. The summed E-state index contributed by atoms with van der Waals surface area (Å²) in [4.78, 5) is 13.5. The first-order chi connectivity index (χ1) is 8.93. The predicted molar refractivity (Wildman–Crippen MR) is 79.8 cm³/mol. The van der Waals surface area contributed by atoms with Crippen molar-refractivity contribution in [3.8, 4) is 11.8 Å². The molecule has 1 amide bonds. The van der Waals surface area contributed by atoms with Crippen molar-refractivity contribution in [3.63, 3.8) is 0 Å². The van der Waals surface area contributed by atoms with Crippen LogP contribution in [0.15, 0.2) is 0 Å². The van der Waals surface area contributed by atoms with Crippen molar-refractivity contribution in [1.29, 1.82) is 0 Å². The fourth-order valence-corrected chi connectivity index (χ4v) is 1.52. The van der Waals surface area contributed by atoms with E-state index in [2.05, 4.69) is 11.8 Å². The SMILES string of the molecule is CC(C)C#CCN(C)C(=O)CCCCCOC(C)C. The molecule has 0 aromatic carbocycles. The Hall–Kier alpha value is -1.01. The molecule has 0 fully saturated rings. The van der Waals surface area contributed by atoms with Gasteiger partial charge in [0.1, 0.15) is 0 Å². The van der Waals surface area contributed by atoms with E-state index in [1.165, 1.54) is 0 Å². The lowest BCUT2D eigenvalue weighted by Gasteiger charge is -2.13. The van der Waals surface area contributed by atoms with Crippen LogP contribution in [-0.4, -0.2) is 37.1 Å². The summed E-state index contributed by atoms with van der Waals surface area (Å²) in [6.07, 6.45) is 3.92. The Balaban J connectivity index is 3.61. The lowest BCUT2D eigenvalue weighted by Crippen LogP contribution is -2.26. The Morgan fingerprint density at radius 2 is 1.84 bits per heavy atom. The molecule has 0 saturated carbocycles. The van der Waals surface area contributed by atoms with Gasteiger partial charge in [0.2, 0.25) is 5.91 Å². The normalized spacial score (nSPS) is 10.5. The summed E-state index contributed by atoms with van der Waals surface area (Å²) in [6.45, 7) is 9.50. The van der Waals surface area contributed by atoms with Gasteiger partial charge >= 0.3 is 0 Å². The molecule has 3 heteroatoms. The molecule has 0 aliphatic carbocycles. The fraction of sp³-hybridized carbons (Fsp3) is 0.812. The average Bonchev–Trinajstić information content (AvgIpc) is 2.32. The Kier molecular flexibility index (Phi) is 10.3. The molecule has 0 aliphatic rings. The predicted octanol–water partition coefficient (Wildman–Crippen LogP) is 3.09. The van der Waals surface area contributed by atoms with Crippen LogP contribution in [0.3, 0.4) is 0 Å². The van der Waals surface area contributed by atoms with Crippen molar-refractivity contribution < 1.29 is 9.53 Å². The monoisotopic (exact) mass is 267 g/mol. The van der Waals surface area contributed by atoms with Gasteiger partial charge < -0.3 is 9.64 Å². The maximum Gasteiger partial charge on any atom is 0.223 e. The number of nitrogens with zero attached hydrogens (tertiary/aromatic N) is 1. The molecule has 0 radical (unpaired) electrons. The zero-order valence-electron chi connectivity index (χ0n) is 13.2. The zero-order chi connectivity index (χ0) is 14.7. The van der Waals surface area contributed by atoms with Gasteiger partial charge in [-0.1, -0.05) is 32.1 Å². The summed E-state index contributed by atoms with van der Waals surface area (Å²) >= 11 is 0. The summed E-state index contributed by atoms with van der Waals surface area (Å²) in [5.41, 5.74) is 0. The minimum Gasteiger partial charge on any atom is -0.379 e. The molecule has 0 aliphatic heterocycles. The molecule has 0 N–H and O–H groups in total. The van der Waals surface area contributed by atoms with Crippen LogP contribution >= 0.6 is 0 Å². The van der Waals surface area contributed by atoms with Crippen molar-refractivity contribution in [2.45, 2.75) is 59.5 Å². The minimum atomic E-state index is 0.183. The van der Waals surface area contributed by atoms with Crippen molar-refractivity contribution in [3.05, 3.63) is 0 Å². The van der Waals surface area contributed by atoms with E-state index >= 15 is 0 Å². The van der Waals surface area contributed by atoms with Gasteiger partial charge in [0.05, 0.1) is 12.6 Å². The van der Waals surface area contributed by atoms with Crippen LogP contribution in [0.5, 0.6) is 0 Å². The number of unbranched alkanes of at least 4 members (excludes halogenated alkanes) is 2. The lowest BCUT2D eigenvalue weighted by molar-refractivity contribution is -0.129. The van der Waals surface area contributed by atoms with Crippen molar-refractivity contribution in [2.75, 3.05) is 20.2 Å². The quantitative estimate of drug-likeness (QED) is 0.499. The maximum absolute atomic E-state index is 11.8. The summed E-state index contributed by atoms with van der Waals surface area (Å²) in [5.74, 6) is 6.64. The van der Waals surface area contributed by atoms with E-state index in [0.29, 0.717) is 25.0 Å². The molecule has 0 aromatic rings. The second-order valence-electron chi connectivity index (χ2n) is 5.46. The molecule has 0 aromatic heterocycles. The molecule has 19 heavy (non-hydrogen) atoms. The minimum absolute atomic E-state index is 0.183. The van der Waals surface area contributed by atoms with E-state index < -0.39 is 0 Å². The standard InChI is InChI=1S/C16H29NO2/c1-14(2)10-9-12-17(5)16(18)11-7-6-8-13-19-15(3)4/h14-15H,6-8,11-13H2,1-5H3. The van der Waals surface area contributed by atoms with Gasteiger partial charge in [0.25, 0.3) is 0 Å². The van der Waals surface area contributed by atoms with Gasteiger partial charge in [0, 0.05) is 26.0 Å². The van der Waals surface area contributed by atoms with Crippen LogP contribution in [0, 0.1) is 17.8 Å².